The van der Waals surface area contributed by atoms with Crippen LogP contribution >= 0.6 is 0 Å². The number of ether oxygens (including phenoxy) is 2. The van der Waals surface area contributed by atoms with E-state index in [0.717, 1.165) is 12.1 Å². The Balaban J connectivity index is 2.53. The maximum absolute atomic E-state index is 6.45. The number of nitrogens with two attached hydrogens (primary N) is 2. The first kappa shape index (κ1) is 20.7. The molecule has 7 heteroatoms. The van der Waals surface area contributed by atoms with E-state index in [1.807, 2.05) is 25.1 Å². The third-order valence-corrected chi connectivity index (χ3v) is 4.47. The monoisotopic (exact) mass is 371 g/mol. The van der Waals surface area contributed by atoms with E-state index >= 15 is 0 Å². The van der Waals surface area contributed by atoms with Gasteiger partial charge in [-0.3, -0.25) is 10.7 Å². The molecule has 146 valence electrons. The van der Waals surface area contributed by atoms with E-state index in [-0.39, 0.29) is 5.92 Å². The number of benzene rings is 1. The van der Waals surface area contributed by atoms with Gasteiger partial charge in [-0.2, -0.15) is 0 Å². The van der Waals surface area contributed by atoms with Crippen molar-refractivity contribution in [3.05, 3.63) is 23.3 Å². The molecule has 7 nitrogen and oxygen atoms in total. The third kappa shape index (κ3) is 4.59. The lowest BCUT2D eigenvalue weighted by Gasteiger charge is -2.35. The average Bonchev–Trinajstić information content (AvgIpc) is 2.62. The molecule has 0 saturated carbocycles. The van der Waals surface area contributed by atoms with Crippen LogP contribution in [0.1, 0.15) is 37.3 Å². The van der Waals surface area contributed by atoms with E-state index in [2.05, 4.69) is 29.8 Å². The van der Waals surface area contributed by atoms with Crippen molar-refractivity contribution < 1.29 is 9.47 Å². The van der Waals surface area contributed by atoms with Crippen LogP contribution in [-0.2, 0) is 0 Å². The first-order chi connectivity index (χ1) is 12.7. The molecule has 0 fully saturated rings. The number of rotatable bonds is 7. The maximum atomic E-state index is 6.45. The summed E-state index contributed by atoms with van der Waals surface area (Å²) in [5.41, 5.74) is 12.6. The SMILES string of the molecule is C#Cc1cc(OC2(CCN(C)C)C=NC(N)N=C2N)c(C(C)C)cc1OC. The number of amidine groups is 1. The average molecular weight is 371 g/mol. The summed E-state index contributed by atoms with van der Waals surface area (Å²) in [6.07, 6.45) is 7.17. The van der Waals surface area contributed by atoms with Crippen molar-refractivity contribution in [1.29, 1.82) is 0 Å². The molecule has 2 unspecified atom stereocenters. The largest absolute Gasteiger partial charge is 0.495 e. The summed E-state index contributed by atoms with van der Waals surface area (Å²) in [6, 6.07) is 3.72. The summed E-state index contributed by atoms with van der Waals surface area (Å²) in [5.74, 6) is 4.41. The van der Waals surface area contributed by atoms with Gasteiger partial charge in [-0.05, 0) is 32.1 Å². The van der Waals surface area contributed by atoms with Gasteiger partial charge >= 0.3 is 0 Å². The summed E-state index contributed by atoms with van der Waals surface area (Å²) in [7, 11) is 5.56. The minimum absolute atomic E-state index is 0.188. The molecule has 0 aromatic heterocycles. The van der Waals surface area contributed by atoms with E-state index in [4.69, 9.17) is 27.4 Å². The Morgan fingerprint density at radius 3 is 2.56 bits per heavy atom. The van der Waals surface area contributed by atoms with Crippen molar-refractivity contribution in [2.45, 2.75) is 38.1 Å². The molecule has 4 N–H and O–H groups in total. The second-order valence-corrected chi connectivity index (χ2v) is 7.14. The minimum atomic E-state index is -0.982. The second-order valence-electron chi connectivity index (χ2n) is 7.14. The van der Waals surface area contributed by atoms with Gasteiger partial charge in [0, 0.05) is 18.5 Å². The molecule has 0 amide bonds. The molecular formula is C20H29N5O2. The lowest BCUT2D eigenvalue weighted by molar-refractivity contribution is 0.181. The zero-order chi connectivity index (χ0) is 20.2. The fourth-order valence-corrected chi connectivity index (χ4v) is 2.85. The topological polar surface area (TPSA) is 98.5 Å². The number of aliphatic imine (C=N–C) groups is 2. The number of nitrogens with zero attached hydrogens (tertiary/aromatic N) is 3. The van der Waals surface area contributed by atoms with Gasteiger partial charge in [-0.1, -0.05) is 19.8 Å². The van der Waals surface area contributed by atoms with Crippen LogP contribution in [0.5, 0.6) is 11.5 Å². The molecular weight excluding hydrogens is 342 g/mol. The van der Waals surface area contributed by atoms with Crippen molar-refractivity contribution in [2.24, 2.45) is 21.5 Å². The van der Waals surface area contributed by atoms with Crippen LogP contribution in [0.3, 0.4) is 0 Å². The Kier molecular flexibility index (Phi) is 6.47. The molecule has 0 bridgehead atoms. The van der Waals surface area contributed by atoms with Crippen LogP contribution in [0.15, 0.2) is 22.1 Å². The zero-order valence-corrected chi connectivity index (χ0v) is 16.7. The van der Waals surface area contributed by atoms with Crippen LogP contribution in [0.4, 0.5) is 0 Å². The predicted octanol–water partition coefficient (Wildman–Crippen LogP) is 1.55. The molecule has 0 spiro atoms. The van der Waals surface area contributed by atoms with Crippen LogP contribution in [0, 0.1) is 12.3 Å². The first-order valence-electron chi connectivity index (χ1n) is 8.88. The molecule has 1 heterocycles. The molecule has 2 atom stereocenters. The van der Waals surface area contributed by atoms with Crippen molar-refractivity contribution in [3.8, 4) is 23.8 Å². The molecule has 27 heavy (non-hydrogen) atoms. The summed E-state index contributed by atoms with van der Waals surface area (Å²) in [5, 5.41) is 0. The summed E-state index contributed by atoms with van der Waals surface area (Å²) in [6.45, 7) is 4.88. The Morgan fingerprint density at radius 1 is 1.33 bits per heavy atom. The van der Waals surface area contributed by atoms with E-state index < -0.39 is 11.9 Å². The van der Waals surface area contributed by atoms with E-state index in [0.29, 0.717) is 29.3 Å². The molecule has 0 aliphatic carbocycles. The standard InChI is InChI=1S/C20H29N5O2/c1-7-14-10-17(15(13(2)3)11-16(14)26-6)27-20(8-9-25(4)5)12-23-19(22)24-18(20)21/h1,10-13,19H,8-9,22H2,2-6H3,(H2,21,24). The lowest BCUT2D eigenvalue weighted by atomic mass is 9.95. The molecule has 1 aliphatic rings. The van der Waals surface area contributed by atoms with Crippen LogP contribution in [-0.4, -0.2) is 56.6 Å². The number of methoxy groups -OCH3 is 1. The number of terminal acetylenes is 1. The molecule has 1 aliphatic heterocycles. The smallest absolute Gasteiger partial charge is 0.201 e. The van der Waals surface area contributed by atoms with Crippen LogP contribution in [0.25, 0.3) is 0 Å². The Labute approximate surface area is 161 Å². The highest BCUT2D eigenvalue weighted by Crippen LogP contribution is 2.36. The Bertz CT molecular complexity index is 779. The molecule has 0 saturated heterocycles. The van der Waals surface area contributed by atoms with Crippen molar-refractivity contribution >= 4 is 12.1 Å². The molecule has 2 rings (SSSR count). The quantitative estimate of drug-likeness (QED) is 0.709. The molecule has 1 aromatic carbocycles. The molecule has 0 radical (unpaired) electrons. The van der Waals surface area contributed by atoms with Gasteiger partial charge in [0.2, 0.25) is 5.60 Å². The first-order valence-corrected chi connectivity index (χ1v) is 8.88. The van der Waals surface area contributed by atoms with Gasteiger partial charge in [0.05, 0.1) is 18.9 Å². The predicted molar refractivity (Wildman–Crippen MR) is 110 cm³/mol. The van der Waals surface area contributed by atoms with E-state index in [1.54, 1.807) is 19.4 Å². The van der Waals surface area contributed by atoms with Gasteiger partial charge in [0.1, 0.15) is 17.3 Å². The normalized spacial score (nSPS) is 21.9. The van der Waals surface area contributed by atoms with Gasteiger partial charge < -0.3 is 20.1 Å². The Hall–Kier alpha value is -2.56. The summed E-state index contributed by atoms with van der Waals surface area (Å²) >= 11 is 0. The van der Waals surface area contributed by atoms with Crippen LogP contribution in [0.2, 0.25) is 0 Å². The summed E-state index contributed by atoms with van der Waals surface area (Å²) in [4.78, 5) is 10.5. The van der Waals surface area contributed by atoms with Gasteiger partial charge in [-0.15, -0.1) is 6.42 Å². The fraction of sp³-hybridized carbons (Fsp3) is 0.500. The number of hydrogen-bond donors (Lipinski definition) is 2. The summed E-state index contributed by atoms with van der Waals surface area (Å²) < 4.78 is 11.9. The fourth-order valence-electron chi connectivity index (χ4n) is 2.85. The highest BCUT2D eigenvalue weighted by molar-refractivity contribution is 6.06. The van der Waals surface area contributed by atoms with Crippen molar-refractivity contribution in [1.82, 2.24) is 4.90 Å². The third-order valence-electron chi connectivity index (χ3n) is 4.47. The van der Waals surface area contributed by atoms with E-state index in [9.17, 15) is 0 Å². The maximum Gasteiger partial charge on any atom is 0.201 e. The second kappa shape index (κ2) is 8.42. The van der Waals surface area contributed by atoms with Gasteiger partial charge in [0.15, 0.2) is 6.29 Å². The minimum Gasteiger partial charge on any atom is -0.495 e. The van der Waals surface area contributed by atoms with Gasteiger partial charge in [-0.25, -0.2) is 4.99 Å². The molecule has 1 aromatic rings. The van der Waals surface area contributed by atoms with Crippen molar-refractivity contribution in [2.75, 3.05) is 27.7 Å². The van der Waals surface area contributed by atoms with E-state index in [1.165, 1.54) is 0 Å². The Morgan fingerprint density at radius 2 is 2.04 bits per heavy atom. The number of hydrogen-bond acceptors (Lipinski definition) is 7. The van der Waals surface area contributed by atoms with Crippen LogP contribution < -0.4 is 20.9 Å². The van der Waals surface area contributed by atoms with Crippen molar-refractivity contribution in [3.63, 3.8) is 0 Å². The highest BCUT2D eigenvalue weighted by atomic mass is 16.5. The highest BCUT2D eigenvalue weighted by Gasteiger charge is 2.39. The van der Waals surface area contributed by atoms with Gasteiger partial charge in [0.25, 0.3) is 0 Å². The zero-order valence-electron chi connectivity index (χ0n) is 16.7. The lowest BCUT2D eigenvalue weighted by Crippen LogP contribution is -2.55.